The zero-order chi connectivity index (χ0) is 14.8. The van der Waals surface area contributed by atoms with Crippen molar-refractivity contribution in [2.24, 2.45) is 0 Å². The minimum Gasteiger partial charge on any atom is -0.408 e. The number of H-pyrrole nitrogens is 1. The van der Waals surface area contributed by atoms with Crippen molar-refractivity contribution in [3.8, 4) is 0 Å². The molecule has 1 unspecified atom stereocenters. The summed E-state index contributed by atoms with van der Waals surface area (Å²) in [6.07, 6.45) is 2.06. The Balaban J connectivity index is 2.01. The average molecular weight is 300 g/mol. The van der Waals surface area contributed by atoms with E-state index in [1.54, 1.807) is 11.8 Å². The quantitative estimate of drug-likeness (QED) is 0.727. The molecular formula is C16H16N2O2S. The first-order valence-corrected chi connectivity index (χ1v) is 7.87. The predicted molar refractivity (Wildman–Crippen MR) is 86.0 cm³/mol. The highest BCUT2D eigenvalue weighted by molar-refractivity contribution is 7.98. The number of rotatable bonds is 4. The van der Waals surface area contributed by atoms with Crippen LogP contribution in [0.3, 0.4) is 0 Å². The third-order valence-corrected chi connectivity index (χ3v) is 4.26. The second-order valence-electron chi connectivity index (χ2n) is 4.76. The van der Waals surface area contributed by atoms with Crippen LogP contribution in [0.4, 0.5) is 0 Å². The number of hydrogen-bond acceptors (Lipinski definition) is 4. The summed E-state index contributed by atoms with van der Waals surface area (Å²) in [6.45, 7) is 0. The summed E-state index contributed by atoms with van der Waals surface area (Å²) >= 11 is 1.72. The van der Waals surface area contributed by atoms with Crippen LogP contribution in [-0.2, 0) is 0 Å². The van der Waals surface area contributed by atoms with Gasteiger partial charge in [-0.25, -0.2) is 4.79 Å². The van der Waals surface area contributed by atoms with E-state index in [0.29, 0.717) is 5.58 Å². The number of benzene rings is 2. The molecule has 21 heavy (non-hydrogen) atoms. The molecule has 2 N–H and O–H groups in total. The number of hydrogen-bond donors (Lipinski definition) is 2. The van der Waals surface area contributed by atoms with E-state index in [4.69, 9.17) is 4.42 Å². The highest BCUT2D eigenvalue weighted by atomic mass is 32.2. The van der Waals surface area contributed by atoms with Gasteiger partial charge in [0.05, 0.1) is 11.6 Å². The van der Waals surface area contributed by atoms with Gasteiger partial charge in [-0.1, -0.05) is 18.2 Å². The highest BCUT2D eigenvalue weighted by Gasteiger charge is 2.13. The van der Waals surface area contributed by atoms with Crippen molar-refractivity contribution in [2.45, 2.75) is 10.9 Å². The molecule has 0 saturated heterocycles. The van der Waals surface area contributed by atoms with E-state index in [1.807, 2.05) is 25.2 Å². The zero-order valence-corrected chi connectivity index (χ0v) is 12.7. The lowest BCUT2D eigenvalue weighted by atomic mass is 9.99. The second kappa shape index (κ2) is 5.79. The van der Waals surface area contributed by atoms with Crippen molar-refractivity contribution in [3.63, 3.8) is 0 Å². The van der Waals surface area contributed by atoms with Crippen molar-refractivity contribution in [1.82, 2.24) is 10.3 Å². The summed E-state index contributed by atoms with van der Waals surface area (Å²) in [5.74, 6) is -0.424. The van der Waals surface area contributed by atoms with Gasteiger partial charge >= 0.3 is 5.76 Å². The number of aromatic nitrogens is 1. The van der Waals surface area contributed by atoms with Gasteiger partial charge in [0.2, 0.25) is 0 Å². The summed E-state index contributed by atoms with van der Waals surface area (Å²) in [5, 5.41) is 3.31. The minimum absolute atomic E-state index is 0.0607. The van der Waals surface area contributed by atoms with Crippen LogP contribution in [0.1, 0.15) is 17.2 Å². The minimum atomic E-state index is -0.424. The lowest BCUT2D eigenvalue weighted by molar-refractivity contribution is 0.554. The topological polar surface area (TPSA) is 58.0 Å². The van der Waals surface area contributed by atoms with Gasteiger partial charge < -0.3 is 9.73 Å². The molecule has 0 bridgehead atoms. The molecule has 5 heteroatoms. The van der Waals surface area contributed by atoms with Crippen LogP contribution < -0.4 is 11.1 Å². The Morgan fingerprint density at radius 1 is 1.14 bits per heavy atom. The predicted octanol–water partition coefficient (Wildman–Crippen LogP) is 3.15. The maximum atomic E-state index is 11.2. The van der Waals surface area contributed by atoms with Gasteiger partial charge in [0, 0.05) is 4.90 Å². The van der Waals surface area contributed by atoms with Crippen LogP contribution >= 0.6 is 11.8 Å². The fourth-order valence-corrected chi connectivity index (χ4v) is 2.87. The third kappa shape index (κ3) is 2.75. The molecular weight excluding hydrogens is 284 g/mol. The van der Waals surface area contributed by atoms with E-state index < -0.39 is 5.76 Å². The van der Waals surface area contributed by atoms with Crippen LogP contribution in [0.15, 0.2) is 56.6 Å². The van der Waals surface area contributed by atoms with Crippen LogP contribution in [0.2, 0.25) is 0 Å². The first kappa shape index (κ1) is 14.0. The van der Waals surface area contributed by atoms with Crippen molar-refractivity contribution in [2.75, 3.05) is 13.3 Å². The van der Waals surface area contributed by atoms with Crippen molar-refractivity contribution in [3.05, 3.63) is 64.1 Å². The molecule has 1 aromatic heterocycles. The van der Waals surface area contributed by atoms with Gasteiger partial charge in [0.1, 0.15) is 0 Å². The van der Waals surface area contributed by atoms with E-state index >= 15 is 0 Å². The van der Waals surface area contributed by atoms with E-state index in [1.165, 1.54) is 10.5 Å². The van der Waals surface area contributed by atoms with Gasteiger partial charge in [-0.15, -0.1) is 11.8 Å². The number of fused-ring (bicyclic) bond motifs is 1. The standard InChI is InChI=1S/C16H16N2O2S/c1-17-15(10-3-6-12(21-2)7-4-10)11-5-8-13-14(9-11)20-16(19)18-13/h3-9,15,17H,1-2H3,(H,18,19). The third-order valence-electron chi connectivity index (χ3n) is 3.52. The average Bonchev–Trinajstić information content (AvgIpc) is 2.88. The summed E-state index contributed by atoms with van der Waals surface area (Å²) in [6, 6.07) is 14.3. The molecule has 0 aliphatic rings. The summed E-state index contributed by atoms with van der Waals surface area (Å²) in [4.78, 5) is 15.1. The van der Waals surface area contributed by atoms with Gasteiger partial charge in [-0.3, -0.25) is 4.98 Å². The molecule has 0 spiro atoms. The SMILES string of the molecule is CNC(c1ccc(SC)cc1)c1ccc2[nH]c(=O)oc2c1. The molecule has 3 rings (SSSR count). The van der Waals surface area contributed by atoms with Gasteiger partial charge in [0.15, 0.2) is 5.58 Å². The van der Waals surface area contributed by atoms with Gasteiger partial charge in [-0.2, -0.15) is 0 Å². The highest BCUT2D eigenvalue weighted by Crippen LogP contribution is 2.26. The first-order valence-electron chi connectivity index (χ1n) is 6.65. The van der Waals surface area contributed by atoms with Gasteiger partial charge in [-0.05, 0) is 48.7 Å². The Labute approximate surface area is 126 Å². The Morgan fingerprint density at radius 3 is 2.52 bits per heavy atom. The van der Waals surface area contributed by atoms with Crippen LogP contribution in [0.5, 0.6) is 0 Å². The van der Waals surface area contributed by atoms with E-state index in [9.17, 15) is 4.79 Å². The smallest absolute Gasteiger partial charge is 0.408 e. The van der Waals surface area contributed by atoms with Crippen LogP contribution in [-0.4, -0.2) is 18.3 Å². The molecule has 108 valence electrons. The first-order chi connectivity index (χ1) is 10.2. The van der Waals surface area contributed by atoms with Crippen molar-refractivity contribution in [1.29, 1.82) is 0 Å². The van der Waals surface area contributed by atoms with E-state index in [-0.39, 0.29) is 6.04 Å². The van der Waals surface area contributed by atoms with E-state index in [2.05, 4.69) is 40.8 Å². The Morgan fingerprint density at radius 2 is 1.86 bits per heavy atom. The van der Waals surface area contributed by atoms with Gasteiger partial charge in [0.25, 0.3) is 0 Å². The van der Waals surface area contributed by atoms with Crippen molar-refractivity contribution < 1.29 is 4.42 Å². The summed E-state index contributed by atoms with van der Waals surface area (Å²) < 4.78 is 5.13. The molecule has 4 nitrogen and oxygen atoms in total. The summed E-state index contributed by atoms with van der Waals surface area (Å²) in [7, 11) is 1.92. The van der Waals surface area contributed by atoms with Crippen LogP contribution in [0, 0.1) is 0 Å². The molecule has 3 aromatic rings. The molecule has 0 radical (unpaired) electrons. The lowest BCUT2D eigenvalue weighted by Crippen LogP contribution is -2.17. The van der Waals surface area contributed by atoms with Crippen molar-refractivity contribution >= 4 is 22.9 Å². The number of oxazole rings is 1. The Bertz CT molecular complexity index is 805. The lowest BCUT2D eigenvalue weighted by Gasteiger charge is -2.17. The molecule has 0 fully saturated rings. The molecule has 1 atom stereocenters. The largest absolute Gasteiger partial charge is 0.417 e. The normalized spacial score (nSPS) is 12.7. The maximum Gasteiger partial charge on any atom is 0.417 e. The maximum absolute atomic E-state index is 11.2. The molecule has 2 aromatic carbocycles. The summed E-state index contributed by atoms with van der Waals surface area (Å²) in [5.41, 5.74) is 3.53. The molecule has 0 aliphatic heterocycles. The molecule has 0 aliphatic carbocycles. The fraction of sp³-hybridized carbons (Fsp3) is 0.188. The monoisotopic (exact) mass is 300 g/mol. The van der Waals surface area contributed by atoms with Crippen LogP contribution in [0.25, 0.3) is 11.1 Å². The number of nitrogens with one attached hydrogen (secondary N) is 2. The Kier molecular flexibility index (Phi) is 3.86. The molecule has 1 heterocycles. The second-order valence-corrected chi connectivity index (χ2v) is 5.64. The Hall–Kier alpha value is -1.98. The molecule has 0 saturated carbocycles. The molecule has 0 amide bonds. The number of thioether (sulfide) groups is 1. The zero-order valence-electron chi connectivity index (χ0n) is 11.8. The van der Waals surface area contributed by atoms with E-state index in [0.717, 1.165) is 11.1 Å². The number of aromatic amines is 1. The fourth-order valence-electron chi connectivity index (χ4n) is 2.46.